The number of amides is 11. The van der Waals surface area contributed by atoms with E-state index in [1.54, 1.807) is 58.0 Å². The van der Waals surface area contributed by atoms with Crippen LogP contribution in [-0.2, 0) is 64.0 Å². The molecule has 10 atom stereocenters. The minimum atomic E-state index is -1.89. The highest BCUT2D eigenvalue weighted by molar-refractivity contribution is 5.99. The zero-order chi connectivity index (χ0) is 59.7. The fourth-order valence-electron chi connectivity index (χ4n) is 8.40. The van der Waals surface area contributed by atoms with Gasteiger partial charge in [-0.1, -0.05) is 58.0 Å². The van der Waals surface area contributed by atoms with Gasteiger partial charge in [-0.3, -0.25) is 57.7 Å². The molecule has 29 nitrogen and oxygen atoms in total. The maximum Gasteiger partial charge on any atom is 0.326 e. The van der Waals surface area contributed by atoms with E-state index in [4.69, 9.17) is 34.4 Å². The number of aliphatic imine (C=N–C) groups is 1. The molecule has 11 amide bonds. The number of guanidine groups is 1. The van der Waals surface area contributed by atoms with Crippen molar-refractivity contribution in [1.82, 2.24) is 42.1 Å². The molecule has 1 aliphatic rings. The van der Waals surface area contributed by atoms with Gasteiger partial charge in [0.15, 0.2) is 5.96 Å². The van der Waals surface area contributed by atoms with Crippen molar-refractivity contribution in [2.45, 2.75) is 172 Å². The molecule has 1 aromatic carbocycles. The Balaban J connectivity index is 2.44. The van der Waals surface area contributed by atoms with E-state index in [1.165, 1.54) is 4.90 Å². The number of benzene rings is 1. The van der Waals surface area contributed by atoms with Crippen LogP contribution in [0.15, 0.2) is 35.3 Å². The molecule has 0 aliphatic carbocycles. The number of aliphatic hydroxyl groups is 1. The van der Waals surface area contributed by atoms with Gasteiger partial charge < -0.3 is 86.7 Å². The van der Waals surface area contributed by atoms with Crippen LogP contribution in [0.25, 0.3) is 0 Å². The molecule has 29 heteroatoms. The smallest absolute Gasteiger partial charge is 0.326 e. The number of carbonyl (C=O) groups excluding carboxylic acids is 11. The van der Waals surface area contributed by atoms with Crippen LogP contribution < -0.4 is 71.6 Å². The summed E-state index contributed by atoms with van der Waals surface area (Å²) in [6.45, 7) is 8.48. The topological polar surface area (TPSA) is 501 Å². The molecule has 0 spiro atoms. The largest absolute Gasteiger partial charge is 0.480 e. The number of primary amides is 3. The number of carboxylic acids is 1. The van der Waals surface area contributed by atoms with Gasteiger partial charge in [0, 0.05) is 32.4 Å². The third-order valence-corrected chi connectivity index (χ3v) is 12.4. The molecule has 1 saturated heterocycles. The van der Waals surface area contributed by atoms with E-state index in [0.29, 0.717) is 12.0 Å². The van der Waals surface area contributed by atoms with Gasteiger partial charge in [-0.25, -0.2) is 4.79 Å². The molecule has 440 valence electrons. The van der Waals surface area contributed by atoms with Gasteiger partial charge in [0.2, 0.25) is 65.0 Å². The predicted molar refractivity (Wildman–Crippen MR) is 285 cm³/mol. The molecular formula is C50H81N15O14. The zero-order valence-corrected chi connectivity index (χ0v) is 45.4. The van der Waals surface area contributed by atoms with E-state index < -0.39 is 157 Å². The molecule has 1 fully saturated rings. The molecule has 0 unspecified atom stereocenters. The third kappa shape index (κ3) is 24.5. The van der Waals surface area contributed by atoms with E-state index in [9.17, 15) is 67.7 Å². The molecule has 0 bridgehead atoms. The van der Waals surface area contributed by atoms with Crippen LogP contribution in [0.5, 0.6) is 0 Å². The number of nitrogens with one attached hydrogen (secondary N) is 7. The lowest BCUT2D eigenvalue weighted by Crippen LogP contribution is -2.62. The Morgan fingerprint density at radius 3 is 1.61 bits per heavy atom. The highest BCUT2D eigenvalue weighted by Gasteiger charge is 2.41. The molecule has 0 radical (unpaired) electrons. The van der Waals surface area contributed by atoms with Crippen molar-refractivity contribution in [3.8, 4) is 0 Å². The van der Waals surface area contributed by atoms with E-state index in [1.807, 2.05) is 0 Å². The summed E-state index contributed by atoms with van der Waals surface area (Å²) in [4.78, 5) is 164. The molecule has 1 aliphatic heterocycles. The van der Waals surface area contributed by atoms with Gasteiger partial charge in [-0.15, -0.1) is 0 Å². The molecule has 2 rings (SSSR count). The van der Waals surface area contributed by atoms with E-state index in [2.05, 4.69) is 42.2 Å². The van der Waals surface area contributed by atoms with Crippen LogP contribution in [0, 0.1) is 11.8 Å². The maximum atomic E-state index is 14.3. The van der Waals surface area contributed by atoms with Crippen LogP contribution in [0.2, 0.25) is 0 Å². The lowest BCUT2D eigenvalue weighted by molar-refractivity contribution is -0.145. The minimum absolute atomic E-state index is 0.0344. The second-order valence-electron chi connectivity index (χ2n) is 20.3. The summed E-state index contributed by atoms with van der Waals surface area (Å²) in [7, 11) is 0. The lowest BCUT2D eigenvalue weighted by Gasteiger charge is -2.31. The first-order chi connectivity index (χ1) is 37.0. The first-order valence-electron chi connectivity index (χ1n) is 26.0. The summed E-state index contributed by atoms with van der Waals surface area (Å²) in [6, 6.07) is -5.20. The standard InChI is InChI=1S/C50H81N15O14/c1-25(2)21-34(48(77)65-20-10-14-36(65)46(75)63-35(49(78)79)22-26(3)4)62-43(72)31(16-18-38(53)68)59-47(76)40(27(5)66)64-45(74)32(23-28-11-7-6-8-12-28)60-44(73)33(24-39(54)69)61-42(71)30(15-17-37(52)67)58-41(70)29(51)13-9-19-57-50(55)56/h6-8,11-12,25-27,29-36,40,66H,9-10,13-24,51H2,1-5H3,(H2,52,67)(H2,53,68)(H2,54,69)(H,58,70)(H,59,76)(H,60,73)(H,61,71)(H,62,72)(H,63,75)(H,64,74)(H,78,79)(H4,55,56,57)/t27-,29+,30+,31+,32+,33+,34+,35+,36+,40+/m1/s1. The van der Waals surface area contributed by atoms with Crippen LogP contribution in [0.1, 0.15) is 111 Å². The molecule has 1 heterocycles. The summed E-state index contributed by atoms with van der Waals surface area (Å²) >= 11 is 0. The number of hydrogen-bond acceptors (Lipinski definition) is 15. The van der Waals surface area contributed by atoms with Crippen LogP contribution in [0.3, 0.4) is 0 Å². The Labute approximate surface area is 458 Å². The third-order valence-electron chi connectivity index (χ3n) is 12.4. The number of carboxylic acid groups (broad SMARTS) is 1. The highest BCUT2D eigenvalue weighted by Crippen LogP contribution is 2.22. The van der Waals surface area contributed by atoms with Crippen LogP contribution in [-0.4, -0.2) is 166 Å². The number of aliphatic hydroxyl groups excluding tert-OH is 1. The monoisotopic (exact) mass is 1120 g/mol. The van der Waals surface area contributed by atoms with Crippen molar-refractivity contribution in [2.75, 3.05) is 13.1 Å². The normalized spacial score (nSPS) is 16.5. The maximum absolute atomic E-state index is 14.3. The van der Waals surface area contributed by atoms with Gasteiger partial charge in [0.25, 0.3) is 0 Å². The molecule has 0 saturated carbocycles. The highest BCUT2D eigenvalue weighted by atomic mass is 16.4. The van der Waals surface area contributed by atoms with Crippen molar-refractivity contribution in [3.63, 3.8) is 0 Å². The van der Waals surface area contributed by atoms with Crippen molar-refractivity contribution in [2.24, 2.45) is 51.2 Å². The summed E-state index contributed by atoms with van der Waals surface area (Å²) in [5.74, 6) is -12.3. The summed E-state index contributed by atoms with van der Waals surface area (Å²) < 4.78 is 0. The molecule has 21 N–H and O–H groups in total. The van der Waals surface area contributed by atoms with Gasteiger partial charge >= 0.3 is 5.97 Å². The van der Waals surface area contributed by atoms with Gasteiger partial charge in [0.05, 0.1) is 18.6 Å². The van der Waals surface area contributed by atoms with E-state index >= 15 is 0 Å². The van der Waals surface area contributed by atoms with Crippen molar-refractivity contribution in [3.05, 3.63) is 35.9 Å². The number of hydrogen-bond donors (Lipinski definition) is 15. The predicted octanol–water partition coefficient (Wildman–Crippen LogP) is -5.04. The Morgan fingerprint density at radius 2 is 1.10 bits per heavy atom. The average molecular weight is 1120 g/mol. The minimum Gasteiger partial charge on any atom is -0.480 e. The Morgan fingerprint density at radius 1 is 0.608 bits per heavy atom. The number of carbonyl (C=O) groups is 12. The van der Waals surface area contributed by atoms with Crippen LogP contribution in [0.4, 0.5) is 0 Å². The van der Waals surface area contributed by atoms with Gasteiger partial charge in [-0.05, 0) is 75.7 Å². The van der Waals surface area contributed by atoms with Crippen molar-refractivity contribution in [1.29, 1.82) is 0 Å². The van der Waals surface area contributed by atoms with Crippen LogP contribution >= 0.6 is 0 Å². The number of likely N-dealkylation sites (tertiary alicyclic amines) is 1. The number of nitrogens with zero attached hydrogens (tertiary/aromatic N) is 2. The fourth-order valence-corrected chi connectivity index (χ4v) is 8.40. The molecule has 79 heavy (non-hydrogen) atoms. The average Bonchev–Trinajstić information content (AvgIpc) is 3.86. The molecule has 1 aromatic rings. The summed E-state index contributed by atoms with van der Waals surface area (Å²) in [6.07, 6.45) is -3.46. The van der Waals surface area contributed by atoms with E-state index in [-0.39, 0.29) is 75.8 Å². The molecule has 0 aromatic heterocycles. The Bertz CT molecular complexity index is 2330. The number of nitrogens with two attached hydrogens (primary N) is 6. The van der Waals surface area contributed by atoms with E-state index in [0.717, 1.165) is 6.92 Å². The zero-order valence-electron chi connectivity index (χ0n) is 45.4. The van der Waals surface area contributed by atoms with Crippen molar-refractivity contribution >= 4 is 76.9 Å². The number of aliphatic carboxylic acids is 1. The van der Waals surface area contributed by atoms with Gasteiger partial charge in [0.1, 0.15) is 48.3 Å². The quantitative estimate of drug-likeness (QED) is 0.0172. The Kier molecular flexibility index (Phi) is 28.4. The number of rotatable bonds is 35. The second-order valence-corrected chi connectivity index (χ2v) is 20.3. The first-order valence-corrected chi connectivity index (χ1v) is 26.0. The fraction of sp³-hybridized carbons (Fsp3) is 0.620. The lowest BCUT2D eigenvalue weighted by atomic mass is 10.0. The first kappa shape index (κ1) is 67.2. The Hall–Kier alpha value is -7.95. The van der Waals surface area contributed by atoms with Crippen molar-refractivity contribution < 1.29 is 67.7 Å². The second kappa shape index (κ2) is 33.4. The molecular weight excluding hydrogens is 1030 g/mol. The summed E-state index contributed by atoms with van der Waals surface area (Å²) in [5.41, 5.74) is 33.3. The summed E-state index contributed by atoms with van der Waals surface area (Å²) in [5, 5.41) is 37.8. The van der Waals surface area contributed by atoms with Gasteiger partial charge in [-0.2, -0.15) is 0 Å². The SMILES string of the molecule is CC(C)C[C@H](NC(=O)[C@@H]1CCCN1C(=O)[C@H](CC(C)C)NC(=O)[C@H](CCC(N)=O)NC(=O)[C@@H](NC(=O)[C@H](Cc1ccccc1)NC(=O)[C@H](CC(N)=O)NC(=O)[C@H](CCC(N)=O)NC(=O)[C@@H](N)CCCN=C(N)N)[C@@H](C)O)C(=O)O.